The maximum Gasteiger partial charge on any atom is 0.167 e. The van der Waals surface area contributed by atoms with Gasteiger partial charge < -0.3 is 4.90 Å². The molecular weight excluding hydrogens is 234 g/mol. The molecule has 0 spiro atoms. The van der Waals surface area contributed by atoms with Crippen LogP contribution in [0.1, 0.15) is 43.2 Å². The predicted octanol–water partition coefficient (Wildman–Crippen LogP) is 3.17. The van der Waals surface area contributed by atoms with Gasteiger partial charge >= 0.3 is 0 Å². The lowest BCUT2D eigenvalue weighted by atomic mass is 9.79. The summed E-state index contributed by atoms with van der Waals surface area (Å²) in [7, 11) is 0. The SMILES string of the molecule is O=C1C[C@H]2CCCCN2C2=C1c1ccccc1CC2. The van der Waals surface area contributed by atoms with E-state index < -0.39 is 0 Å². The Labute approximate surface area is 114 Å². The summed E-state index contributed by atoms with van der Waals surface area (Å²) in [6, 6.07) is 8.94. The highest BCUT2D eigenvalue weighted by molar-refractivity contribution is 6.23. The molecule has 4 rings (SSSR count). The maximum atomic E-state index is 12.6. The highest BCUT2D eigenvalue weighted by atomic mass is 16.1. The lowest BCUT2D eigenvalue weighted by Gasteiger charge is -2.44. The molecule has 1 aromatic carbocycles. The molecule has 2 heteroatoms. The molecule has 1 aliphatic carbocycles. The summed E-state index contributed by atoms with van der Waals surface area (Å²) in [5.74, 6) is 0.380. The van der Waals surface area contributed by atoms with Crippen molar-refractivity contribution < 1.29 is 4.79 Å². The number of ketones is 1. The quantitative estimate of drug-likeness (QED) is 0.708. The molecule has 1 fully saturated rings. The highest BCUT2D eigenvalue weighted by Crippen LogP contribution is 2.41. The molecule has 0 saturated carbocycles. The van der Waals surface area contributed by atoms with Gasteiger partial charge in [0.25, 0.3) is 0 Å². The molecule has 2 aliphatic heterocycles. The van der Waals surface area contributed by atoms with Crippen molar-refractivity contribution >= 4 is 11.4 Å². The minimum absolute atomic E-state index is 0.380. The first kappa shape index (κ1) is 11.3. The number of carbonyl (C=O) groups is 1. The van der Waals surface area contributed by atoms with Gasteiger partial charge in [0, 0.05) is 30.3 Å². The van der Waals surface area contributed by atoms with E-state index in [-0.39, 0.29) is 0 Å². The van der Waals surface area contributed by atoms with E-state index in [0.29, 0.717) is 11.8 Å². The molecule has 98 valence electrons. The van der Waals surface area contributed by atoms with Gasteiger partial charge in [0.2, 0.25) is 0 Å². The molecule has 0 bridgehead atoms. The zero-order valence-corrected chi connectivity index (χ0v) is 11.2. The van der Waals surface area contributed by atoms with E-state index in [4.69, 9.17) is 0 Å². The average molecular weight is 253 g/mol. The summed E-state index contributed by atoms with van der Waals surface area (Å²) >= 11 is 0. The van der Waals surface area contributed by atoms with Crippen LogP contribution in [0, 0.1) is 0 Å². The fraction of sp³-hybridized carbons (Fsp3) is 0.471. The molecule has 1 aromatic rings. The fourth-order valence-electron chi connectivity index (χ4n) is 4.00. The number of piperidine rings is 1. The first-order chi connectivity index (χ1) is 9.34. The van der Waals surface area contributed by atoms with E-state index in [0.717, 1.165) is 31.4 Å². The second kappa shape index (κ2) is 4.22. The summed E-state index contributed by atoms with van der Waals surface area (Å²) in [5.41, 5.74) is 4.95. The van der Waals surface area contributed by atoms with Crippen molar-refractivity contribution in [3.8, 4) is 0 Å². The number of carbonyl (C=O) groups excluding carboxylic acids is 1. The zero-order valence-electron chi connectivity index (χ0n) is 11.2. The van der Waals surface area contributed by atoms with Crippen molar-refractivity contribution in [1.29, 1.82) is 0 Å². The Morgan fingerprint density at radius 1 is 1.11 bits per heavy atom. The number of hydrogen-bond donors (Lipinski definition) is 0. The van der Waals surface area contributed by atoms with Gasteiger partial charge in [-0.25, -0.2) is 0 Å². The van der Waals surface area contributed by atoms with E-state index >= 15 is 0 Å². The minimum Gasteiger partial charge on any atom is -0.371 e. The number of rotatable bonds is 0. The molecule has 0 unspecified atom stereocenters. The molecule has 0 radical (unpaired) electrons. The first-order valence-electron chi connectivity index (χ1n) is 7.46. The molecule has 3 aliphatic rings. The summed E-state index contributed by atoms with van der Waals surface area (Å²) < 4.78 is 0. The van der Waals surface area contributed by atoms with E-state index in [1.165, 1.54) is 36.1 Å². The van der Waals surface area contributed by atoms with Crippen molar-refractivity contribution in [2.75, 3.05) is 6.54 Å². The lowest BCUT2D eigenvalue weighted by Crippen LogP contribution is -2.45. The molecule has 0 aromatic heterocycles. The van der Waals surface area contributed by atoms with E-state index in [2.05, 4.69) is 29.2 Å². The van der Waals surface area contributed by atoms with Gasteiger partial charge in [-0.3, -0.25) is 4.79 Å². The van der Waals surface area contributed by atoms with Crippen LogP contribution in [0.25, 0.3) is 5.57 Å². The number of Topliss-reactive ketones (excluding diaryl/α,β-unsaturated/α-hetero) is 1. The third kappa shape index (κ3) is 1.66. The van der Waals surface area contributed by atoms with Crippen LogP contribution in [-0.2, 0) is 11.2 Å². The molecule has 19 heavy (non-hydrogen) atoms. The Kier molecular flexibility index (Phi) is 2.51. The topological polar surface area (TPSA) is 20.3 Å². The average Bonchev–Trinajstić information content (AvgIpc) is 2.46. The van der Waals surface area contributed by atoms with Crippen LogP contribution in [0.3, 0.4) is 0 Å². The number of allylic oxidation sites excluding steroid dienone is 2. The summed E-state index contributed by atoms with van der Waals surface area (Å²) in [4.78, 5) is 15.1. The van der Waals surface area contributed by atoms with Crippen LogP contribution in [0.15, 0.2) is 30.0 Å². The molecule has 0 N–H and O–H groups in total. The fourth-order valence-corrected chi connectivity index (χ4v) is 4.00. The van der Waals surface area contributed by atoms with Crippen molar-refractivity contribution in [3.05, 3.63) is 41.1 Å². The van der Waals surface area contributed by atoms with Crippen LogP contribution in [0.4, 0.5) is 0 Å². The number of aryl methyl sites for hydroxylation is 1. The second-order valence-corrected chi connectivity index (χ2v) is 5.95. The predicted molar refractivity (Wildman–Crippen MR) is 75.7 cm³/mol. The van der Waals surface area contributed by atoms with Gasteiger partial charge in [-0.2, -0.15) is 0 Å². The van der Waals surface area contributed by atoms with Crippen molar-refractivity contribution in [3.63, 3.8) is 0 Å². The van der Waals surface area contributed by atoms with Gasteiger partial charge in [0.15, 0.2) is 5.78 Å². The third-order valence-electron chi connectivity index (χ3n) is 4.88. The number of nitrogens with zero attached hydrogens (tertiary/aromatic N) is 1. The molecule has 1 saturated heterocycles. The van der Waals surface area contributed by atoms with E-state index in [9.17, 15) is 4.79 Å². The van der Waals surface area contributed by atoms with Gasteiger partial charge in [0.1, 0.15) is 0 Å². The lowest BCUT2D eigenvalue weighted by molar-refractivity contribution is -0.116. The van der Waals surface area contributed by atoms with Gasteiger partial charge in [-0.1, -0.05) is 24.3 Å². The second-order valence-electron chi connectivity index (χ2n) is 5.95. The molecule has 2 nitrogen and oxygen atoms in total. The van der Waals surface area contributed by atoms with Crippen LogP contribution in [-0.4, -0.2) is 23.3 Å². The zero-order chi connectivity index (χ0) is 12.8. The molecule has 1 atom stereocenters. The standard InChI is InChI=1S/C17H19NO/c19-16-11-13-6-3-4-10-18(13)15-9-8-12-5-1-2-7-14(12)17(15)16/h1-2,5,7,13H,3-4,6,8-11H2/t13-/m1/s1. The molecule has 0 amide bonds. The molecule has 2 heterocycles. The van der Waals surface area contributed by atoms with E-state index in [1.54, 1.807) is 0 Å². The van der Waals surface area contributed by atoms with Crippen LogP contribution >= 0.6 is 0 Å². The van der Waals surface area contributed by atoms with Crippen LogP contribution in [0.2, 0.25) is 0 Å². The Balaban J connectivity index is 1.86. The number of fused-ring (bicyclic) bond motifs is 4. The van der Waals surface area contributed by atoms with Gasteiger partial charge in [0.05, 0.1) is 0 Å². The summed E-state index contributed by atoms with van der Waals surface area (Å²) in [5, 5.41) is 0. The Hall–Kier alpha value is -1.57. The third-order valence-corrected chi connectivity index (χ3v) is 4.88. The first-order valence-corrected chi connectivity index (χ1v) is 7.46. The van der Waals surface area contributed by atoms with E-state index in [1.807, 2.05) is 0 Å². The monoisotopic (exact) mass is 253 g/mol. The Morgan fingerprint density at radius 2 is 2.00 bits per heavy atom. The summed E-state index contributed by atoms with van der Waals surface area (Å²) in [6.07, 6.45) is 6.63. The van der Waals surface area contributed by atoms with Gasteiger partial charge in [-0.05, 0) is 43.2 Å². The van der Waals surface area contributed by atoms with Gasteiger partial charge in [-0.15, -0.1) is 0 Å². The summed E-state index contributed by atoms with van der Waals surface area (Å²) in [6.45, 7) is 1.15. The molecular formula is C17H19NO. The maximum absolute atomic E-state index is 12.6. The largest absolute Gasteiger partial charge is 0.371 e. The highest BCUT2D eigenvalue weighted by Gasteiger charge is 2.37. The van der Waals surface area contributed by atoms with Crippen LogP contribution in [0.5, 0.6) is 0 Å². The smallest absolute Gasteiger partial charge is 0.167 e. The van der Waals surface area contributed by atoms with Crippen molar-refractivity contribution in [1.82, 2.24) is 4.90 Å². The van der Waals surface area contributed by atoms with Crippen molar-refractivity contribution in [2.24, 2.45) is 0 Å². The number of benzene rings is 1. The minimum atomic E-state index is 0.380. The van der Waals surface area contributed by atoms with Crippen molar-refractivity contribution in [2.45, 2.75) is 44.6 Å². The number of hydrogen-bond acceptors (Lipinski definition) is 2. The Morgan fingerprint density at radius 3 is 2.95 bits per heavy atom. The van der Waals surface area contributed by atoms with Crippen LogP contribution < -0.4 is 0 Å². The normalized spacial score (nSPS) is 25.8. The Bertz CT molecular complexity index is 572.